The average molecular weight is 286 g/mol. The van der Waals surface area contributed by atoms with Crippen LogP contribution in [0.15, 0.2) is 12.1 Å². The molecule has 0 bridgehead atoms. The topological polar surface area (TPSA) is 49.6 Å². The van der Waals surface area contributed by atoms with Crippen LogP contribution >= 0.6 is 0 Å². The van der Waals surface area contributed by atoms with Crippen LogP contribution in [0.25, 0.3) is 5.65 Å². The van der Waals surface area contributed by atoms with Crippen molar-refractivity contribution >= 4 is 11.5 Å². The molecule has 0 atom stereocenters. The van der Waals surface area contributed by atoms with Crippen molar-refractivity contribution in [1.29, 1.82) is 0 Å². The van der Waals surface area contributed by atoms with Gasteiger partial charge in [0.05, 0.1) is 0 Å². The van der Waals surface area contributed by atoms with Crippen LogP contribution in [0.3, 0.4) is 0 Å². The Bertz CT molecular complexity index is 653. The Hall–Kier alpha value is -1.69. The normalized spacial score (nSPS) is 19.8. The summed E-state index contributed by atoms with van der Waals surface area (Å²) in [5.41, 5.74) is 0.858. The molecule has 0 unspecified atom stereocenters. The van der Waals surface area contributed by atoms with E-state index in [0.29, 0.717) is 18.0 Å². The van der Waals surface area contributed by atoms with Crippen molar-refractivity contribution in [3.63, 3.8) is 0 Å². The highest BCUT2D eigenvalue weighted by atomic mass is 15.4. The third-order valence-electron chi connectivity index (χ3n) is 4.79. The van der Waals surface area contributed by atoms with Crippen LogP contribution in [-0.2, 0) is 0 Å². The molecule has 112 valence electrons. The minimum atomic E-state index is 0.568. The Kier molecular flexibility index (Phi) is 2.89. The second-order valence-electron chi connectivity index (χ2n) is 6.61. The van der Waals surface area contributed by atoms with Crippen molar-refractivity contribution in [2.24, 2.45) is 0 Å². The molecule has 0 aromatic carbocycles. The lowest BCUT2D eigenvalue weighted by Crippen LogP contribution is -2.60. The molecular weight excluding hydrogens is 264 g/mol. The summed E-state index contributed by atoms with van der Waals surface area (Å²) in [5.74, 6) is 2.64. The Balaban J connectivity index is 1.54. The highest BCUT2D eigenvalue weighted by Gasteiger charge is 2.33. The van der Waals surface area contributed by atoms with E-state index in [4.69, 9.17) is 5.10 Å². The Morgan fingerprint density at radius 2 is 1.95 bits per heavy atom. The van der Waals surface area contributed by atoms with Gasteiger partial charge in [-0.15, -0.1) is 15.3 Å². The van der Waals surface area contributed by atoms with Crippen LogP contribution < -0.4 is 4.90 Å². The van der Waals surface area contributed by atoms with Gasteiger partial charge in [0.15, 0.2) is 11.5 Å². The van der Waals surface area contributed by atoms with Gasteiger partial charge in [0, 0.05) is 31.1 Å². The summed E-state index contributed by atoms with van der Waals surface area (Å²) in [6.07, 6.45) is 2.44. The average Bonchev–Trinajstić information content (AvgIpc) is 3.17. The molecule has 0 spiro atoms. The van der Waals surface area contributed by atoms with Gasteiger partial charge < -0.3 is 4.90 Å². The van der Waals surface area contributed by atoms with Crippen LogP contribution in [0.2, 0.25) is 0 Å². The van der Waals surface area contributed by atoms with Crippen LogP contribution in [-0.4, -0.2) is 56.9 Å². The summed E-state index contributed by atoms with van der Waals surface area (Å²) < 4.78 is 1.94. The van der Waals surface area contributed by atoms with Crippen LogP contribution in [0.1, 0.15) is 38.4 Å². The zero-order chi connectivity index (χ0) is 14.6. The molecule has 2 aromatic rings. The van der Waals surface area contributed by atoms with E-state index in [0.717, 1.165) is 30.4 Å². The summed E-state index contributed by atoms with van der Waals surface area (Å²) >= 11 is 0. The fourth-order valence-electron chi connectivity index (χ4n) is 2.88. The number of fused-ring (bicyclic) bond motifs is 1. The van der Waals surface area contributed by atoms with Gasteiger partial charge >= 0.3 is 0 Å². The fourth-order valence-corrected chi connectivity index (χ4v) is 2.88. The number of hydrogen-bond acceptors (Lipinski definition) is 5. The molecule has 0 radical (unpaired) electrons. The molecule has 1 saturated heterocycles. The third kappa shape index (κ3) is 2.18. The maximum atomic E-state index is 4.76. The number of aromatic nitrogens is 4. The molecule has 6 nitrogen and oxygen atoms in total. The predicted molar refractivity (Wildman–Crippen MR) is 81.7 cm³/mol. The van der Waals surface area contributed by atoms with E-state index in [2.05, 4.69) is 47.0 Å². The van der Waals surface area contributed by atoms with Gasteiger partial charge in [-0.3, -0.25) is 4.90 Å². The van der Waals surface area contributed by atoms with Crippen molar-refractivity contribution in [1.82, 2.24) is 24.7 Å². The van der Waals surface area contributed by atoms with Gasteiger partial charge in [0.25, 0.3) is 0 Å². The first-order valence-electron chi connectivity index (χ1n) is 7.82. The highest BCUT2D eigenvalue weighted by Crippen LogP contribution is 2.38. The van der Waals surface area contributed by atoms with Crippen molar-refractivity contribution in [3.8, 4) is 0 Å². The molecular formula is C15H22N6. The van der Waals surface area contributed by atoms with Crippen molar-refractivity contribution in [2.75, 3.05) is 25.0 Å². The van der Waals surface area contributed by atoms with Crippen molar-refractivity contribution in [2.45, 2.75) is 44.7 Å². The molecule has 4 rings (SSSR count). The first-order valence-corrected chi connectivity index (χ1v) is 7.82. The first kappa shape index (κ1) is 13.0. The van der Waals surface area contributed by atoms with Gasteiger partial charge in [-0.05, 0) is 45.9 Å². The minimum absolute atomic E-state index is 0.568. The predicted octanol–water partition coefficient (Wildman–Crippen LogP) is 1.53. The van der Waals surface area contributed by atoms with E-state index >= 15 is 0 Å². The minimum Gasteiger partial charge on any atom is -0.352 e. The molecule has 1 aliphatic heterocycles. The van der Waals surface area contributed by atoms with E-state index in [1.165, 1.54) is 12.8 Å². The lowest BCUT2D eigenvalue weighted by atomic mass is 10.1. The lowest BCUT2D eigenvalue weighted by Gasteiger charge is -2.46. The molecule has 3 heterocycles. The summed E-state index contributed by atoms with van der Waals surface area (Å²) in [5, 5.41) is 13.3. The van der Waals surface area contributed by atoms with Crippen molar-refractivity contribution in [3.05, 3.63) is 18.0 Å². The highest BCUT2D eigenvalue weighted by molar-refractivity contribution is 5.48. The number of anilines is 1. The van der Waals surface area contributed by atoms with E-state index < -0.39 is 0 Å². The van der Waals surface area contributed by atoms with Gasteiger partial charge in [0.1, 0.15) is 5.82 Å². The first-order chi connectivity index (χ1) is 10.1. The van der Waals surface area contributed by atoms with Crippen LogP contribution in [0.4, 0.5) is 5.82 Å². The van der Waals surface area contributed by atoms with Gasteiger partial charge in [-0.2, -0.15) is 4.52 Å². The molecule has 2 aliphatic rings. The summed E-state index contributed by atoms with van der Waals surface area (Å²) in [6.45, 7) is 6.58. The zero-order valence-electron chi connectivity index (χ0n) is 12.9. The summed E-state index contributed by atoms with van der Waals surface area (Å²) in [7, 11) is 2.20. The van der Waals surface area contributed by atoms with E-state index in [9.17, 15) is 0 Å². The standard InChI is InChI=1S/C15H22N6/c1-10(2)19(3)12-8-20(9-12)14-7-6-13-16-17-15(11-4-5-11)21(13)18-14/h6-7,10-12H,4-5,8-9H2,1-3H3. The molecule has 1 aliphatic carbocycles. The van der Waals surface area contributed by atoms with Crippen LogP contribution in [0.5, 0.6) is 0 Å². The summed E-state index contributed by atoms with van der Waals surface area (Å²) in [4.78, 5) is 4.77. The van der Waals surface area contributed by atoms with Crippen LogP contribution in [0, 0.1) is 0 Å². The number of rotatable bonds is 4. The molecule has 2 fully saturated rings. The van der Waals surface area contributed by atoms with E-state index in [1.54, 1.807) is 0 Å². The molecule has 2 aromatic heterocycles. The maximum Gasteiger partial charge on any atom is 0.178 e. The Labute approximate surface area is 124 Å². The second kappa shape index (κ2) is 4.66. The molecule has 6 heteroatoms. The van der Waals surface area contributed by atoms with Crippen molar-refractivity contribution < 1.29 is 0 Å². The SMILES string of the molecule is CC(C)N(C)C1CN(c2ccc3nnc(C4CC4)n3n2)C1. The van der Waals surface area contributed by atoms with Gasteiger partial charge in [-0.25, -0.2) is 0 Å². The fraction of sp³-hybridized carbons (Fsp3) is 0.667. The molecule has 1 saturated carbocycles. The largest absolute Gasteiger partial charge is 0.352 e. The second-order valence-corrected chi connectivity index (χ2v) is 6.61. The quantitative estimate of drug-likeness (QED) is 0.853. The van der Waals surface area contributed by atoms with E-state index in [-0.39, 0.29) is 0 Å². The van der Waals surface area contributed by atoms with Gasteiger partial charge in [0.2, 0.25) is 0 Å². The molecule has 0 amide bonds. The Morgan fingerprint density at radius 3 is 2.62 bits per heavy atom. The smallest absolute Gasteiger partial charge is 0.178 e. The molecule has 21 heavy (non-hydrogen) atoms. The third-order valence-corrected chi connectivity index (χ3v) is 4.79. The number of likely N-dealkylation sites (N-methyl/N-ethyl adjacent to an activating group) is 1. The molecule has 0 N–H and O–H groups in total. The zero-order valence-corrected chi connectivity index (χ0v) is 12.9. The van der Waals surface area contributed by atoms with Gasteiger partial charge in [-0.1, -0.05) is 0 Å². The number of hydrogen-bond donors (Lipinski definition) is 0. The van der Waals surface area contributed by atoms with E-state index in [1.807, 2.05) is 10.6 Å². The summed E-state index contributed by atoms with van der Waals surface area (Å²) in [6, 6.07) is 5.31. The lowest BCUT2D eigenvalue weighted by molar-refractivity contribution is 0.165. The Morgan fingerprint density at radius 1 is 1.19 bits per heavy atom. The number of nitrogens with zero attached hydrogens (tertiary/aromatic N) is 6. The maximum absolute atomic E-state index is 4.76. The monoisotopic (exact) mass is 286 g/mol.